The molecule has 3 rings (SSSR count). The Hall–Kier alpha value is -1.69. The number of fused-ring (bicyclic) bond motifs is 1. The highest BCUT2D eigenvalue weighted by Gasteiger charge is 2.23. The minimum atomic E-state index is 0.182. The van der Waals surface area contributed by atoms with Crippen molar-refractivity contribution in [1.29, 1.82) is 0 Å². The summed E-state index contributed by atoms with van der Waals surface area (Å²) in [5.74, 6) is 2.08. The van der Waals surface area contributed by atoms with Gasteiger partial charge in [-0.25, -0.2) is 9.67 Å². The van der Waals surface area contributed by atoms with Gasteiger partial charge in [0.25, 0.3) is 0 Å². The highest BCUT2D eigenvalue weighted by atomic mass is 16.2. The van der Waals surface area contributed by atoms with E-state index >= 15 is 0 Å². The lowest BCUT2D eigenvalue weighted by Gasteiger charge is -2.28. The van der Waals surface area contributed by atoms with E-state index in [0.717, 1.165) is 50.4 Å². The SMILES string of the molecule is CCN(C(=O)CN[C@@H]1CCc2nc(C)nn2C1)C1=CCCCC1. The lowest BCUT2D eigenvalue weighted by Crippen LogP contribution is -2.44. The monoisotopic (exact) mass is 317 g/mol. The molecule has 0 aromatic carbocycles. The highest BCUT2D eigenvalue weighted by Crippen LogP contribution is 2.21. The van der Waals surface area contributed by atoms with Crippen LogP contribution in [0.5, 0.6) is 0 Å². The van der Waals surface area contributed by atoms with Crippen LogP contribution in [0.2, 0.25) is 0 Å². The fraction of sp³-hybridized carbons (Fsp3) is 0.706. The summed E-state index contributed by atoms with van der Waals surface area (Å²) in [5.41, 5.74) is 1.21. The van der Waals surface area contributed by atoms with Gasteiger partial charge in [-0.1, -0.05) is 6.08 Å². The Bertz CT molecular complexity index is 592. The average molecular weight is 317 g/mol. The van der Waals surface area contributed by atoms with Crippen LogP contribution in [0.4, 0.5) is 0 Å². The van der Waals surface area contributed by atoms with Gasteiger partial charge in [0.15, 0.2) is 0 Å². The van der Waals surface area contributed by atoms with Crippen molar-refractivity contribution < 1.29 is 4.79 Å². The normalized spacial score (nSPS) is 20.8. The van der Waals surface area contributed by atoms with Crippen LogP contribution in [0.1, 0.15) is 50.7 Å². The van der Waals surface area contributed by atoms with E-state index in [0.29, 0.717) is 12.6 Å². The van der Waals surface area contributed by atoms with E-state index < -0.39 is 0 Å². The summed E-state index contributed by atoms with van der Waals surface area (Å²) in [5, 5.41) is 7.83. The van der Waals surface area contributed by atoms with E-state index in [1.165, 1.54) is 18.5 Å². The van der Waals surface area contributed by atoms with Crippen molar-refractivity contribution in [3.8, 4) is 0 Å². The molecule has 6 nitrogen and oxygen atoms in total. The number of nitrogens with one attached hydrogen (secondary N) is 1. The summed E-state index contributed by atoms with van der Waals surface area (Å²) in [6.07, 6.45) is 8.75. The number of likely N-dealkylation sites (N-methyl/N-ethyl adjacent to an activating group) is 1. The van der Waals surface area contributed by atoms with E-state index in [4.69, 9.17) is 0 Å². The molecule has 0 fully saturated rings. The van der Waals surface area contributed by atoms with Crippen LogP contribution >= 0.6 is 0 Å². The minimum absolute atomic E-state index is 0.182. The molecule has 1 amide bonds. The van der Waals surface area contributed by atoms with Crippen molar-refractivity contribution in [2.45, 2.75) is 65.0 Å². The van der Waals surface area contributed by atoms with Gasteiger partial charge in [0.05, 0.1) is 13.1 Å². The molecule has 6 heteroatoms. The molecule has 0 unspecified atom stereocenters. The molecule has 1 atom stereocenters. The van der Waals surface area contributed by atoms with Crippen LogP contribution in [0.25, 0.3) is 0 Å². The Morgan fingerprint density at radius 3 is 3.04 bits per heavy atom. The zero-order valence-corrected chi connectivity index (χ0v) is 14.2. The first-order valence-electron chi connectivity index (χ1n) is 8.80. The van der Waals surface area contributed by atoms with E-state index in [-0.39, 0.29) is 5.91 Å². The van der Waals surface area contributed by atoms with Crippen LogP contribution in [0, 0.1) is 6.92 Å². The summed E-state index contributed by atoms with van der Waals surface area (Å²) in [6.45, 7) is 5.94. The smallest absolute Gasteiger partial charge is 0.240 e. The summed E-state index contributed by atoms with van der Waals surface area (Å²) in [7, 11) is 0. The molecule has 0 radical (unpaired) electrons. The van der Waals surface area contributed by atoms with Gasteiger partial charge in [0, 0.05) is 24.7 Å². The Balaban J connectivity index is 1.53. The molecule has 23 heavy (non-hydrogen) atoms. The summed E-state index contributed by atoms with van der Waals surface area (Å²) in [6, 6.07) is 0.298. The molecule has 0 bridgehead atoms. The topological polar surface area (TPSA) is 63.1 Å². The standard InChI is InChI=1S/C17H27N5O/c1-3-21(15-7-5-4-6-8-15)17(23)11-18-14-9-10-16-19-13(2)20-22(16)12-14/h7,14,18H,3-6,8-12H2,1-2H3/t14-/m1/s1. The Morgan fingerprint density at radius 2 is 2.30 bits per heavy atom. The van der Waals surface area contributed by atoms with Crippen LogP contribution in [-0.2, 0) is 17.8 Å². The predicted octanol–water partition coefficient (Wildman–Crippen LogP) is 1.80. The first-order valence-corrected chi connectivity index (χ1v) is 8.80. The van der Waals surface area contributed by atoms with Gasteiger partial charge >= 0.3 is 0 Å². The Labute approximate surface area is 138 Å². The zero-order valence-electron chi connectivity index (χ0n) is 14.2. The maximum atomic E-state index is 12.6. The summed E-state index contributed by atoms with van der Waals surface area (Å²) in [4.78, 5) is 18.9. The molecule has 1 aliphatic heterocycles. The summed E-state index contributed by atoms with van der Waals surface area (Å²) < 4.78 is 1.97. The van der Waals surface area contributed by atoms with Crippen molar-refractivity contribution >= 4 is 5.91 Å². The molecular formula is C17H27N5O. The fourth-order valence-corrected chi connectivity index (χ4v) is 3.53. The van der Waals surface area contributed by atoms with Gasteiger partial charge in [-0.05, 0) is 46.0 Å². The number of hydrogen-bond acceptors (Lipinski definition) is 4. The lowest BCUT2D eigenvalue weighted by atomic mass is 10.0. The maximum Gasteiger partial charge on any atom is 0.240 e. The third kappa shape index (κ3) is 3.80. The van der Waals surface area contributed by atoms with Crippen LogP contribution in [-0.4, -0.2) is 44.7 Å². The van der Waals surface area contributed by atoms with Gasteiger partial charge in [0.2, 0.25) is 5.91 Å². The van der Waals surface area contributed by atoms with E-state index in [1.807, 2.05) is 16.5 Å². The van der Waals surface area contributed by atoms with Gasteiger partial charge < -0.3 is 10.2 Å². The Kier molecular flexibility index (Phi) is 5.10. The van der Waals surface area contributed by atoms with Gasteiger partial charge in [0.1, 0.15) is 11.6 Å². The van der Waals surface area contributed by atoms with Crippen molar-refractivity contribution in [3.05, 3.63) is 23.4 Å². The van der Waals surface area contributed by atoms with Crippen molar-refractivity contribution in [2.75, 3.05) is 13.1 Å². The van der Waals surface area contributed by atoms with Gasteiger partial charge in [-0.15, -0.1) is 0 Å². The molecular weight excluding hydrogens is 290 g/mol. The largest absolute Gasteiger partial charge is 0.316 e. The Morgan fingerprint density at radius 1 is 1.43 bits per heavy atom. The second kappa shape index (κ2) is 7.25. The first-order chi connectivity index (χ1) is 11.2. The average Bonchev–Trinajstić information content (AvgIpc) is 2.94. The molecule has 1 aromatic rings. The van der Waals surface area contributed by atoms with Crippen molar-refractivity contribution in [2.24, 2.45) is 0 Å². The number of aryl methyl sites for hydroxylation is 2. The van der Waals surface area contributed by atoms with Crippen LogP contribution in [0.15, 0.2) is 11.8 Å². The number of allylic oxidation sites excluding steroid dienone is 2. The van der Waals surface area contributed by atoms with E-state index in [2.05, 4.69) is 28.4 Å². The minimum Gasteiger partial charge on any atom is -0.316 e. The van der Waals surface area contributed by atoms with E-state index in [9.17, 15) is 4.79 Å². The molecule has 2 heterocycles. The van der Waals surface area contributed by atoms with Gasteiger partial charge in [-0.2, -0.15) is 5.10 Å². The second-order valence-corrected chi connectivity index (χ2v) is 6.45. The molecule has 0 saturated heterocycles. The number of carbonyl (C=O) groups is 1. The highest BCUT2D eigenvalue weighted by molar-refractivity contribution is 5.80. The van der Waals surface area contributed by atoms with Crippen LogP contribution < -0.4 is 5.32 Å². The lowest BCUT2D eigenvalue weighted by molar-refractivity contribution is -0.128. The van der Waals surface area contributed by atoms with E-state index in [1.54, 1.807) is 0 Å². The molecule has 126 valence electrons. The number of amides is 1. The number of nitrogens with zero attached hydrogens (tertiary/aromatic N) is 4. The third-order valence-corrected chi connectivity index (χ3v) is 4.74. The van der Waals surface area contributed by atoms with Crippen molar-refractivity contribution in [3.63, 3.8) is 0 Å². The summed E-state index contributed by atoms with van der Waals surface area (Å²) >= 11 is 0. The second-order valence-electron chi connectivity index (χ2n) is 6.45. The number of rotatable bonds is 5. The molecule has 1 N–H and O–H groups in total. The molecule has 0 saturated carbocycles. The number of carbonyl (C=O) groups excluding carboxylic acids is 1. The molecule has 0 spiro atoms. The fourth-order valence-electron chi connectivity index (χ4n) is 3.53. The molecule has 1 aromatic heterocycles. The van der Waals surface area contributed by atoms with Gasteiger partial charge in [-0.3, -0.25) is 4.79 Å². The number of aromatic nitrogens is 3. The number of hydrogen-bond donors (Lipinski definition) is 1. The van der Waals surface area contributed by atoms with Crippen LogP contribution in [0.3, 0.4) is 0 Å². The quantitative estimate of drug-likeness (QED) is 0.899. The van der Waals surface area contributed by atoms with Crippen molar-refractivity contribution in [1.82, 2.24) is 25.0 Å². The maximum absolute atomic E-state index is 12.6. The predicted molar refractivity (Wildman–Crippen MR) is 88.8 cm³/mol. The molecule has 1 aliphatic carbocycles. The zero-order chi connectivity index (χ0) is 16.2. The molecule has 2 aliphatic rings. The third-order valence-electron chi connectivity index (χ3n) is 4.74. The first kappa shape index (κ1) is 16.2.